The van der Waals surface area contributed by atoms with Gasteiger partial charge >= 0.3 is 5.97 Å². The molecule has 0 unspecified atom stereocenters. The molecule has 1 fully saturated rings. The molecule has 1 aliphatic rings. The fourth-order valence-corrected chi connectivity index (χ4v) is 3.38. The number of hydrogen-bond acceptors (Lipinski definition) is 8. The minimum atomic E-state index is -0.702. The van der Waals surface area contributed by atoms with Crippen molar-refractivity contribution in [2.45, 2.75) is 52.0 Å². The van der Waals surface area contributed by atoms with Crippen LogP contribution in [0.15, 0.2) is 12.1 Å². The van der Waals surface area contributed by atoms with E-state index in [-0.39, 0.29) is 24.8 Å². The molecule has 0 spiro atoms. The van der Waals surface area contributed by atoms with Crippen molar-refractivity contribution in [3.05, 3.63) is 18.0 Å². The van der Waals surface area contributed by atoms with Crippen LogP contribution in [0.1, 0.15) is 45.4 Å². The summed E-state index contributed by atoms with van der Waals surface area (Å²) >= 11 is 0. The Hall–Kier alpha value is -3.24. The molecular weight excluding hydrogens is 402 g/mol. The number of nitrogens with zero attached hydrogens (tertiary/aromatic N) is 5. The van der Waals surface area contributed by atoms with Gasteiger partial charge in [-0.2, -0.15) is 4.52 Å². The molecule has 1 aliphatic heterocycles. The molecule has 1 saturated heterocycles. The number of nitrogens with one attached hydrogen (secondary N) is 2. The average Bonchev–Trinajstić information content (AvgIpc) is 3.35. The number of aryl methyl sites for hydroxylation is 1. The fourth-order valence-electron chi connectivity index (χ4n) is 3.38. The maximum atomic E-state index is 12.1. The lowest BCUT2D eigenvalue weighted by molar-refractivity contribution is -0.146. The SMILES string of the molecule is CCOC(=O)[C@@H](C)NC(=O)CCc1nnc2ccc(NCCCN3CCCC3=O)nn12. The zero-order valence-corrected chi connectivity index (χ0v) is 18.0. The molecule has 3 heterocycles. The molecule has 31 heavy (non-hydrogen) atoms. The van der Waals surface area contributed by atoms with Crippen LogP contribution in [-0.2, 0) is 25.5 Å². The number of amides is 2. The summed E-state index contributed by atoms with van der Waals surface area (Å²) in [5.41, 5.74) is 0.587. The van der Waals surface area contributed by atoms with Crippen molar-refractivity contribution in [1.82, 2.24) is 30.0 Å². The van der Waals surface area contributed by atoms with Crippen molar-refractivity contribution < 1.29 is 19.1 Å². The molecule has 2 N–H and O–H groups in total. The molecule has 11 nitrogen and oxygen atoms in total. The van der Waals surface area contributed by atoms with Gasteiger partial charge in [-0.15, -0.1) is 15.3 Å². The van der Waals surface area contributed by atoms with Crippen molar-refractivity contribution >= 4 is 29.2 Å². The quantitative estimate of drug-likeness (QED) is 0.390. The maximum Gasteiger partial charge on any atom is 0.328 e. The molecule has 0 bridgehead atoms. The monoisotopic (exact) mass is 431 g/mol. The smallest absolute Gasteiger partial charge is 0.328 e. The van der Waals surface area contributed by atoms with Gasteiger partial charge in [0.25, 0.3) is 0 Å². The van der Waals surface area contributed by atoms with Gasteiger partial charge in [-0.25, -0.2) is 4.79 Å². The summed E-state index contributed by atoms with van der Waals surface area (Å²) in [6.07, 6.45) is 2.91. The molecule has 11 heteroatoms. The van der Waals surface area contributed by atoms with Crippen molar-refractivity contribution in [3.63, 3.8) is 0 Å². The zero-order chi connectivity index (χ0) is 22.2. The maximum absolute atomic E-state index is 12.1. The standard InChI is InChI=1S/C20H29N7O4/c1-3-31-20(30)14(2)22-18(28)10-9-17-24-23-16-8-7-15(25-27(16)17)21-11-5-13-26-12-4-6-19(26)29/h7-8,14H,3-6,9-13H2,1-2H3,(H,21,25)(H,22,28)/t14-/m1/s1. The van der Waals surface area contributed by atoms with Crippen LogP contribution in [0.3, 0.4) is 0 Å². The first-order valence-electron chi connectivity index (χ1n) is 10.7. The molecule has 3 rings (SSSR count). The number of anilines is 1. The first-order valence-corrected chi connectivity index (χ1v) is 10.7. The predicted molar refractivity (Wildman–Crippen MR) is 112 cm³/mol. The highest BCUT2D eigenvalue weighted by Gasteiger charge is 2.19. The summed E-state index contributed by atoms with van der Waals surface area (Å²) in [4.78, 5) is 37.3. The van der Waals surface area contributed by atoms with Crippen LogP contribution >= 0.6 is 0 Å². The van der Waals surface area contributed by atoms with E-state index in [0.717, 1.165) is 25.9 Å². The Kier molecular flexibility index (Phi) is 7.74. The van der Waals surface area contributed by atoms with Crippen molar-refractivity contribution in [1.29, 1.82) is 0 Å². The summed E-state index contributed by atoms with van der Waals surface area (Å²) in [5.74, 6) is 0.717. The molecule has 0 aromatic carbocycles. The van der Waals surface area contributed by atoms with E-state index < -0.39 is 12.0 Å². The van der Waals surface area contributed by atoms with E-state index in [1.807, 2.05) is 11.0 Å². The number of fused-ring (bicyclic) bond motifs is 1. The van der Waals surface area contributed by atoms with Gasteiger partial charge < -0.3 is 20.3 Å². The normalized spacial score (nSPS) is 14.6. The van der Waals surface area contributed by atoms with Crippen LogP contribution in [0, 0.1) is 0 Å². The summed E-state index contributed by atoms with van der Waals surface area (Å²) in [5, 5.41) is 18.6. The number of ether oxygens (including phenoxy) is 1. The van der Waals surface area contributed by atoms with Gasteiger partial charge in [-0.3, -0.25) is 9.59 Å². The molecule has 0 aliphatic carbocycles. The molecule has 2 amide bonds. The minimum absolute atomic E-state index is 0.147. The zero-order valence-electron chi connectivity index (χ0n) is 18.0. The number of likely N-dealkylation sites (tertiary alicyclic amines) is 1. The number of carbonyl (C=O) groups excluding carboxylic acids is 3. The molecule has 168 valence electrons. The highest BCUT2D eigenvalue weighted by Crippen LogP contribution is 2.11. The van der Waals surface area contributed by atoms with E-state index in [0.29, 0.717) is 36.7 Å². The Labute approximate surface area is 180 Å². The topological polar surface area (TPSA) is 131 Å². The van der Waals surface area contributed by atoms with Gasteiger partial charge in [0, 0.05) is 38.9 Å². The van der Waals surface area contributed by atoms with Gasteiger partial charge in [0.2, 0.25) is 11.8 Å². The minimum Gasteiger partial charge on any atom is -0.464 e. The van der Waals surface area contributed by atoms with Gasteiger partial charge in [-0.1, -0.05) is 0 Å². The van der Waals surface area contributed by atoms with E-state index in [4.69, 9.17) is 4.74 Å². The van der Waals surface area contributed by atoms with Gasteiger partial charge in [0.15, 0.2) is 11.5 Å². The van der Waals surface area contributed by atoms with Gasteiger partial charge in [0.05, 0.1) is 6.61 Å². The first kappa shape index (κ1) is 22.4. The van der Waals surface area contributed by atoms with E-state index in [9.17, 15) is 14.4 Å². The van der Waals surface area contributed by atoms with Crippen LogP contribution in [0.5, 0.6) is 0 Å². The number of hydrogen-bond donors (Lipinski definition) is 2. The number of rotatable bonds is 11. The van der Waals surface area contributed by atoms with Crippen LogP contribution < -0.4 is 10.6 Å². The third-order valence-electron chi connectivity index (χ3n) is 5.00. The summed E-state index contributed by atoms with van der Waals surface area (Å²) in [6, 6.07) is 2.92. The van der Waals surface area contributed by atoms with Crippen LogP contribution in [0.4, 0.5) is 5.82 Å². The number of aromatic nitrogens is 4. The lowest BCUT2D eigenvalue weighted by Gasteiger charge is -2.15. The van der Waals surface area contributed by atoms with E-state index in [1.165, 1.54) is 0 Å². The van der Waals surface area contributed by atoms with Crippen molar-refractivity contribution in [2.24, 2.45) is 0 Å². The van der Waals surface area contributed by atoms with Crippen LogP contribution in [0.25, 0.3) is 5.65 Å². The summed E-state index contributed by atoms with van der Waals surface area (Å²) in [6.45, 7) is 5.84. The third kappa shape index (κ3) is 6.12. The first-order chi connectivity index (χ1) is 15.0. The Morgan fingerprint density at radius 2 is 2.13 bits per heavy atom. The number of esters is 1. The molecular formula is C20H29N7O4. The molecule has 1 atom stereocenters. The highest BCUT2D eigenvalue weighted by molar-refractivity contribution is 5.84. The Bertz CT molecular complexity index is 929. The summed E-state index contributed by atoms with van der Waals surface area (Å²) < 4.78 is 6.49. The second kappa shape index (κ2) is 10.7. The Morgan fingerprint density at radius 3 is 2.87 bits per heavy atom. The van der Waals surface area contributed by atoms with E-state index in [2.05, 4.69) is 25.9 Å². The molecule has 2 aromatic rings. The Balaban J connectivity index is 1.49. The predicted octanol–water partition coefficient (Wildman–Crippen LogP) is 0.549. The largest absolute Gasteiger partial charge is 0.464 e. The fraction of sp³-hybridized carbons (Fsp3) is 0.600. The molecule has 0 saturated carbocycles. The van der Waals surface area contributed by atoms with Gasteiger partial charge in [0.1, 0.15) is 11.9 Å². The van der Waals surface area contributed by atoms with Crippen molar-refractivity contribution in [3.8, 4) is 0 Å². The third-order valence-corrected chi connectivity index (χ3v) is 5.00. The number of carbonyl (C=O) groups is 3. The second-order valence-corrected chi connectivity index (χ2v) is 7.41. The van der Waals surface area contributed by atoms with Crippen LogP contribution in [0.2, 0.25) is 0 Å². The van der Waals surface area contributed by atoms with E-state index in [1.54, 1.807) is 24.4 Å². The average molecular weight is 431 g/mol. The van der Waals surface area contributed by atoms with Crippen molar-refractivity contribution in [2.75, 3.05) is 31.6 Å². The van der Waals surface area contributed by atoms with Crippen LogP contribution in [-0.4, -0.2) is 74.8 Å². The molecule has 0 radical (unpaired) electrons. The highest BCUT2D eigenvalue weighted by atomic mass is 16.5. The summed E-state index contributed by atoms with van der Waals surface area (Å²) in [7, 11) is 0. The van der Waals surface area contributed by atoms with Gasteiger partial charge in [-0.05, 0) is 38.8 Å². The second-order valence-electron chi connectivity index (χ2n) is 7.41. The lowest BCUT2D eigenvalue weighted by Crippen LogP contribution is -2.39. The molecule has 2 aromatic heterocycles. The van der Waals surface area contributed by atoms with E-state index >= 15 is 0 Å². The lowest BCUT2D eigenvalue weighted by atomic mass is 10.2. The Morgan fingerprint density at radius 1 is 1.29 bits per heavy atom.